The SMILES string of the molecule is CS(=O)(=O)N(CC(=O)NN=C1CCN(Cc2ccccc2)CC1)c1ccccc1Cl. The highest BCUT2D eigenvalue weighted by atomic mass is 35.5. The molecule has 9 heteroatoms. The van der Waals surface area contributed by atoms with Crippen LogP contribution in [0.3, 0.4) is 0 Å². The Morgan fingerprint density at radius 3 is 2.37 bits per heavy atom. The first-order chi connectivity index (χ1) is 14.3. The van der Waals surface area contributed by atoms with E-state index in [1.165, 1.54) is 5.56 Å². The van der Waals surface area contributed by atoms with E-state index in [1.54, 1.807) is 24.3 Å². The number of sulfonamides is 1. The fourth-order valence-corrected chi connectivity index (χ4v) is 4.42. The second-order valence-corrected chi connectivity index (χ2v) is 9.51. The van der Waals surface area contributed by atoms with Gasteiger partial charge in [0.1, 0.15) is 6.54 Å². The largest absolute Gasteiger partial charge is 0.298 e. The number of anilines is 1. The standard InChI is InChI=1S/C21H25ClN4O3S/c1-30(28,29)26(20-10-6-5-9-19(20)22)16-21(27)24-23-18-11-13-25(14-12-18)15-17-7-3-2-4-8-17/h2-10H,11-16H2,1H3,(H,24,27). The molecule has 1 aliphatic rings. The third-order valence-electron chi connectivity index (χ3n) is 4.83. The minimum atomic E-state index is -3.68. The molecule has 0 unspecified atom stereocenters. The fourth-order valence-electron chi connectivity index (χ4n) is 3.26. The van der Waals surface area contributed by atoms with Crippen molar-refractivity contribution in [1.29, 1.82) is 0 Å². The molecule has 3 rings (SSSR count). The summed E-state index contributed by atoms with van der Waals surface area (Å²) in [7, 11) is -3.68. The van der Waals surface area contributed by atoms with Crippen molar-refractivity contribution < 1.29 is 13.2 Å². The zero-order valence-electron chi connectivity index (χ0n) is 16.8. The molecule has 1 aliphatic heterocycles. The van der Waals surface area contributed by atoms with Crippen LogP contribution in [-0.2, 0) is 21.4 Å². The molecule has 0 radical (unpaired) electrons. The van der Waals surface area contributed by atoms with Crippen molar-refractivity contribution in [3.8, 4) is 0 Å². The molecular weight excluding hydrogens is 424 g/mol. The number of nitrogens with zero attached hydrogens (tertiary/aromatic N) is 3. The summed E-state index contributed by atoms with van der Waals surface area (Å²) < 4.78 is 25.3. The van der Waals surface area contributed by atoms with E-state index in [2.05, 4.69) is 27.6 Å². The summed E-state index contributed by atoms with van der Waals surface area (Å²) in [4.78, 5) is 14.7. The molecule has 1 fully saturated rings. The molecule has 1 amide bonds. The van der Waals surface area contributed by atoms with Crippen molar-refractivity contribution in [3.63, 3.8) is 0 Å². The minimum Gasteiger partial charge on any atom is -0.298 e. The Labute approximate surface area is 182 Å². The van der Waals surface area contributed by atoms with E-state index >= 15 is 0 Å². The van der Waals surface area contributed by atoms with Crippen LogP contribution in [0.15, 0.2) is 59.7 Å². The number of carbonyl (C=O) groups is 1. The maximum absolute atomic E-state index is 12.4. The molecule has 0 atom stereocenters. The van der Waals surface area contributed by atoms with Gasteiger partial charge in [0.05, 0.1) is 17.0 Å². The smallest absolute Gasteiger partial charge is 0.260 e. The van der Waals surface area contributed by atoms with Crippen molar-refractivity contribution in [3.05, 3.63) is 65.2 Å². The molecule has 0 saturated carbocycles. The summed E-state index contributed by atoms with van der Waals surface area (Å²) in [5.74, 6) is -0.514. The second-order valence-electron chi connectivity index (χ2n) is 7.20. The molecular formula is C21H25ClN4O3S. The number of amides is 1. The Hall–Kier alpha value is -2.42. The van der Waals surface area contributed by atoms with Crippen molar-refractivity contribution in [2.45, 2.75) is 19.4 Å². The number of benzene rings is 2. The van der Waals surface area contributed by atoms with Gasteiger partial charge in [0, 0.05) is 38.2 Å². The monoisotopic (exact) mass is 448 g/mol. The molecule has 0 aliphatic carbocycles. The zero-order chi connectivity index (χ0) is 21.6. The van der Waals surface area contributed by atoms with E-state index in [0.29, 0.717) is 0 Å². The van der Waals surface area contributed by atoms with Gasteiger partial charge in [-0.25, -0.2) is 13.8 Å². The van der Waals surface area contributed by atoms with Crippen LogP contribution in [0, 0.1) is 0 Å². The number of halogens is 1. The maximum atomic E-state index is 12.4. The Bertz CT molecular complexity index is 1000. The summed E-state index contributed by atoms with van der Waals surface area (Å²) in [6.45, 7) is 2.22. The lowest BCUT2D eigenvalue weighted by molar-refractivity contribution is -0.119. The first-order valence-electron chi connectivity index (χ1n) is 9.66. The van der Waals surface area contributed by atoms with Gasteiger partial charge >= 0.3 is 0 Å². The van der Waals surface area contributed by atoms with E-state index in [9.17, 15) is 13.2 Å². The van der Waals surface area contributed by atoms with E-state index in [0.717, 1.165) is 48.7 Å². The number of rotatable bonds is 7. The Balaban J connectivity index is 1.54. The lowest BCUT2D eigenvalue weighted by Crippen LogP contribution is -2.40. The van der Waals surface area contributed by atoms with Crippen LogP contribution in [0.5, 0.6) is 0 Å². The predicted molar refractivity (Wildman–Crippen MR) is 120 cm³/mol. The van der Waals surface area contributed by atoms with Gasteiger partial charge in [0.15, 0.2) is 0 Å². The number of hydrogen-bond donors (Lipinski definition) is 1. The molecule has 0 aromatic heterocycles. The lowest BCUT2D eigenvalue weighted by Gasteiger charge is -2.27. The summed E-state index contributed by atoms with van der Waals surface area (Å²) in [6, 6.07) is 16.8. The van der Waals surface area contributed by atoms with Crippen LogP contribution in [0.4, 0.5) is 5.69 Å². The minimum absolute atomic E-state index is 0.257. The van der Waals surface area contributed by atoms with Crippen LogP contribution in [0.2, 0.25) is 5.02 Å². The van der Waals surface area contributed by atoms with Crippen molar-refractivity contribution >= 4 is 38.9 Å². The van der Waals surface area contributed by atoms with Gasteiger partial charge < -0.3 is 0 Å². The highest BCUT2D eigenvalue weighted by Gasteiger charge is 2.23. The van der Waals surface area contributed by atoms with E-state index in [-0.39, 0.29) is 17.3 Å². The van der Waals surface area contributed by atoms with Crippen molar-refractivity contribution in [2.75, 3.05) is 30.2 Å². The molecule has 2 aromatic rings. The molecule has 7 nitrogen and oxygen atoms in total. The molecule has 160 valence electrons. The van der Waals surface area contributed by atoms with Crippen LogP contribution in [-0.4, -0.2) is 50.8 Å². The van der Waals surface area contributed by atoms with Crippen LogP contribution >= 0.6 is 11.6 Å². The summed E-state index contributed by atoms with van der Waals surface area (Å²) in [5.41, 5.74) is 4.92. The van der Waals surface area contributed by atoms with Crippen LogP contribution in [0.1, 0.15) is 18.4 Å². The Kier molecular flexibility index (Phi) is 7.47. The van der Waals surface area contributed by atoms with Gasteiger partial charge in [-0.05, 0) is 17.7 Å². The molecule has 0 spiro atoms. The fraction of sp³-hybridized carbons (Fsp3) is 0.333. The van der Waals surface area contributed by atoms with Gasteiger partial charge in [-0.1, -0.05) is 54.1 Å². The number of hydrogen-bond acceptors (Lipinski definition) is 5. The van der Waals surface area contributed by atoms with E-state index in [1.807, 2.05) is 18.2 Å². The summed E-state index contributed by atoms with van der Waals surface area (Å²) >= 11 is 6.11. The van der Waals surface area contributed by atoms with Gasteiger partial charge in [-0.15, -0.1) is 0 Å². The number of piperidine rings is 1. The van der Waals surface area contributed by atoms with Crippen molar-refractivity contribution in [2.24, 2.45) is 5.10 Å². The van der Waals surface area contributed by atoms with Gasteiger partial charge in [0.25, 0.3) is 5.91 Å². The molecule has 0 bridgehead atoms. The second kappa shape index (κ2) is 10.1. The number of para-hydroxylation sites is 1. The van der Waals surface area contributed by atoms with E-state index < -0.39 is 15.9 Å². The normalized spacial score (nSPS) is 14.9. The number of carbonyl (C=O) groups excluding carboxylic acids is 1. The molecule has 1 heterocycles. The van der Waals surface area contributed by atoms with Gasteiger partial charge in [0.2, 0.25) is 10.0 Å². The molecule has 1 N–H and O–H groups in total. The maximum Gasteiger partial charge on any atom is 0.260 e. The van der Waals surface area contributed by atoms with Gasteiger partial charge in [-0.2, -0.15) is 5.10 Å². The number of nitrogens with one attached hydrogen (secondary N) is 1. The van der Waals surface area contributed by atoms with Gasteiger partial charge in [-0.3, -0.25) is 14.0 Å². The summed E-state index contributed by atoms with van der Waals surface area (Å²) in [6.07, 6.45) is 2.55. The third-order valence-corrected chi connectivity index (χ3v) is 6.28. The number of likely N-dealkylation sites (tertiary alicyclic amines) is 1. The first-order valence-corrected chi connectivity index (χ1v) is 11.9. The molecule has 30 heavy (non-hydrogen) atoms. The highest BCUT2D eigenvalue weighted by molar-refractivity contribution is 7.92. The highest BCUT2D eigenvalue weighted by Crippen LogP contribution is 2.26. The predicted octanol–water partition coefficient (Wildman–Crippen LogP) is 2.87. The summed E-state index contributed by atoms with van der Waals surface area (Å²) in [5, 5.41) is 4.47. The molecule has 1 saturated heterocycles. The average molecular weight is 449 g/mol. The van der Waals surface area contributed by atoms with E-state index in [4.69, 9.17) is 11.6 Å². The quantitative estimate of drug-likeness (QED) is 0.660. The topological polar surface area (TPSA) is 82.1 Å². The van der Waals surface area contributed by atoms with Crippen LogP contribution < -0.4 is 9.73 Å². The molecule has 2 aromatic carbocycles. The Morgan fingerprint density at radius 2 is 1.73 bits per heavy atom. The third kappa shape index (κ3) is 6.29. The lowest BCUT2D eigenvalue weighted by atomic mass is 10.1. The van der Waals surface area contributed by atoms with Crippen molar-refractivity contribution in [1.82, 2.24) is 10.3 Å². The van der Waals surface area contributed by atoms with Crippen LogP contribution in [0.25, 0.3) is 0 Å². The zero-order valence-corrected chi connectivity index (χ0v) is 18.4. The average Bonchev–Trinajstić information content (AvgIpc) is 2.72. The number of hydrazone groups is 1. The first kappa shape index (κ1) is 22.3. The Morgan fingerprint density at radius 1 is 1.10 bits per heavy atom.